The normalized spacial score (nSPS) is 17.3. The second-order valence-corrected chi connectivity index (χ2v) is 4.38. The number of hydrogen-bond donors (Lipinski definition) is 2. The number of methoxy groups -OCH3 is 1. The molecule has 0 aromatic heterocycles. The van der Waals surface area contributed by atoms with Crippen molar-refractivity contribution in [3.05, 3.63) is 23.3 Å². The Bertz CT molecular complexity index is 459. The summed E-state index contributed by atoms with van der Waals surface area (Å²) in [5.41, 5.74) is 8.08. The van der Waals surface area contributed by atoms with E-state index in [-0.39, 0.29) is 19.1 Å². The third kappa shape index (κ3) is 2.56. The third-order valence-electron chi connectivity index (χ3n) is 3.07. The fourth-order valence-electron chi connectivity index (χ4n) is 2.27. The lowest BCUT2D eigenvalue weighted by molar-refractivity contribution is -0.137. The van der Waals surface area contributed by atoms with E-state index in [2.05, 4.69) is 0 Å². The van der Waals surface area contributed by atoms with E-state index in [1.165, 1.54) is 0 Å². The van der Waals surface area contributed by atoms with Crippen molar-refractivity contribution in [1.82, 2.24) is 0 Å². The van der Waals surface area contributed by atoms with Gasteiger partial charge in [0, 0.05) is 17.2 Å². The lowest BCUT2D eigenvalue weighted by Crippen LogP contribution is -2.19. The number of aliphatic carboxylic acids is 1. The molecule has 0 amide bonds. The highest BCUT2D eigenvalue weighted by Gasteiger charge is 2.25. The second kappa shape index (κ2) is 5.27. The average Bonchev–Trinajstić information content (AvgIpc) is 2.70. The van der Waals surface area contributed by atoms with Crippen LogP contribution < -0.4 is 15.2 Å². The van der Waals surface area contributed by atoms with Gasteiger partial charge in [-0.05, 0) is 25.0 Å². The Morgan fingerprint density at radius 2 is 2.00 bits per heavy atom. The molecule has 1 aromatic rings. The second-order valence-electron chi connectivity index (χ2n) is 4.38. The van der Waals surface area contributed by atoms with Gasteiger partial charge in [-0.2, -0.15) is 0 Å². The predicted octanol–water partition coefficient (Wildman–Crippen LogP) is 0.975. The molecule has 98 valence electrons. The van der Waals surface area contributed by atoms with Crippen molar-refractivity contribution in [2.45, 2.75) is 25.3 Å². The number of nitrogens with two attached hydrogens (primary N) is 1. The molecule has 5 nitrogen and oxygen atoms in total. The monoisotopic (exact) mass is 251 g/mol. The Hall–Kier alpha value is -1.75. The van der Waals surface area contributed by atoms with Gasteiger partial charge in [0.1, 0.15) is 11.5 Å². The first-order valence-corrected chi connectivity index (χ1v) is 5.90. The highest BCUT2D eigenvalue weighted by atomic mass is 16.5. The van der Waals surface area contributed by atoms with Crippen LogP contribution in [0.25, 0.3) is 0 Å². The fourth-order valence-corrected chi connectivity index (χ4v) is 2.27. The van der Waals surface area contributed by atoms with Gasteiger partial charge in [-0.1, -0.05) is 0 Å². The van der Waals surface area contributed by atoms with Crippen LogP contribution in [0.1, 0.15) is 17.5 Å². The van der Waals surface area contributed by atoms with Crippen LogP contribution in [0, 0.1) is 0 Å². The van der Waals surface area contributed by atoms with Crippen molar-refractivity contribution in [2.75, 3.05) is 13.7 Å². The molecule has 2 rings (SSSR count). The Labute approximate surface area is 106 Å². The van der Waals surface area contributed by atoms with Crippen molar-refractivity contribution in [3.63, 3.8) is 0 Å². The van der Waals surface area contributed by atoms with Gasteiger partial charge in [0.25, 0.3) is 0 Å². The minimum atomic E-state index is -0.864. The number of carboxylic acids is 1. The van der Waals surface area contributed by atoms with Gasteiger partial charge < -0.3 is 20.3 Å². The van der Waals surface area contributed by atoms with Gasteiger partial charge >= 0.3 is 5.97 Å². The summed E-state index contributed by atoms with van der Waals surface area (Å²) in [6, 6.07) is 3.74. The molecule has 1 atom stereocenters. The average molecular weight is 251 g/mol. The fraction of sp³-hybridized carbons (Fsp3) is 0.462. The quantitative estimate of drug-likeness (QED) is 0.815. The van der Waals surface area contributed by atoms with Crippen molar-refractivity contribution in [3.8, 4) is 11.5 Å². The highest BCUT2D eigenvalue weighted by molar-refractivity contribution is 5.66. The van der Waals surface area contributed by atoms with Gasteiger partial charge in [-0.3, -0.25) is 4.79 Å². The number of hydrogen-bond acceptors (Lipinski definition) is 4. The van der Waals surface area contributed by atoms with Gasteiger partial charge in [0.15, 0.2) is 0 Å². The molecule has 0 spiro atoms. The van der Waals surface area contributed by atoms with E-state index in [4.69, 9.17) is 20.3 Å². The Morgan fingerprint density at radius 3 is 2.61 bits per heavy atom. The van der Waals surface area contributed by atoms with Gasteiger partial charge in [0.2, 0.25) is 0 Å². The molecule has 1 aromatic carbocycles. The molecule has 0 saturated heterocycles. The molecule has 0 aliphatic heterocycles. The van der Waals surface area contributed by atoms with Gasteiger partial charge in [0.05, 0.1) is 20.1 Å². The molecule has 3 N–H and O–H groups in total. The van der Waals surface area contributed by atoms with E-state index < -0.39 is 5.97 Å². The summed E-state index contributed by atoms with van der Waals surface area (Å²) in [4.78, 5) is 10.5. The van der Waals surface area contributed by atoms with E-state index in [9.17, 15) is 4.79 Å². The summed E-state index contributed by atoms with van der Waals surface area (Å²) in [5, 5.41) is 8.59. The first-order valence-electron chi connectivity index (χ1n) is 5.90. The number of ether oxygens (including phenoxy) is 2. The van der Waals surface area contributed by atoms with Crippen LogP contribution >= 0.6 is 0 Å². The predicted molar refractivity (Wildman–Crippen MR) is 66.1 cm³/mol. The van der Waals surface area contributed by atoms with Crippen molar-refractivity contribution < 1.29 is 19.4 Å². The zero-order valence-electron chi connectivity index (χ0n) is 10.3. The minimum absolute atomic E-state index is 0.00709. The number of carbonyl (C=O) groups is 1. The van der Waals surface area contributed by atoms with Crippen LogP contribution in [0.2, 0.25) is 0 Å². The summed E-state index contributed by atoms with van der Waals surface area (Å²) in [5.74, 6) is 0.681. The zero-order chi connectivity index (χ0) is 13.1. The van der Waals surface area contributed by atoms with E-state index in [0.29, 0.717) is 0 Å². The summed E-state index contributed by atoms with van der Waals surface area (Å²) >= 11 is 0. The summed E-state index contributed by atoms with van der Waals surface area (Å²) in [6.07, 6.45) is 1.51. The van der Waals surface area contributed by atoms with Crippen LogP contribution in [-0.2, 0) is 17.6 Å². The van der Waals surface area contributed by atoms with Gasteiger partial charge in [-0.25, -0.2) is 0 Å². The summed E-state index contributed by atoms with van der Waals surface area (Å²) in [6.45, 7) is 0.170. The van der Waals surface area contributed by atoms with Crippen LogP contribution in [0.5, 0.6) is 11.5 Å². The molecule has 0 radical (unpaired) electrons. The van der Waals surface area contributed by atoms with Crippen LogP contribution in [0.4, 0.5) is 0 Å². The molecular formula is C13H17NO4. The Kier molecular flexibility index (Phi) is 3.72. The van der Waals surface area contributed by atoms with Crippen molar-refractivity contribution in [2.24, 2.45) is 5.73 Å². The molecule has 1 unspecified atom stereocenters. The molecule has 0 fully saturated rings. The van der Waals surface area contributed by atoms with E-state index in [0.717, 1.165) is 35.5 Å². The zero-order valence-corrected chi connectivity index (χ0v) is 10.3. The highest BCUT2D eigenvalue weighted by Crippen LogP contribution is 2.36. The van der Waals surface area contributed by atoms with Crippen molar-refractivity contribution in [1.29, 1.82) is 0 Å². The molecule has 0 heterocycles. The maximum absolute atomic E-state index is 10.5. The third-order valence-corrected chi connectivity index (χ3v) is 3.07. The maximum atomic E-state index is 10.5. The SMILES string of the molecule is COc1ccc(OCCC(=O)O)c2c1CC(N)C2. The summed E-state index contributed by atoms with van der Waals surface area (Å²) < 4.78 is 10.8. The maximum Gasteiger partial charge on any atom is 0.306 e. The van der Waals surface area contributed by atoms with Crippen LogP contribution in [0.3, 0.4) is 0 Å². The lowest BCUT2D eigenvalue weighted by Gasteiger charge is -2.12. The lowest BCUT2D eigenvalue weighted by atomic mass is 10.1. The number of carboxylic acid groups (broad SMARTS) is 1. The van der Waals surface area contributed by atoms with E-state index in [1.807, 2.05) is 12.1 Å². The van der Waals surface area contributed by atoms with E-state index >= 15 is 0 Å². The molecule has 5 heteroatoms. The molecule has 1 aliphatic carbocycles. The Morgan fingerprint density at radius 1 is 1.39 bits per heavy atom. The topological polar surface area (TPSA) is 81.8 Å². The van der Waals surface area contributed by atoms with Crippen LogP contribution in [-0.4, -0.2) is 30.8 Å². The standard InChI is InChI=1S/C13H17NO4/c1-17-11-2-3-12(18-5-4-13(15)16)10-7-8(14)6-9(10)11/h2-3,8H,4-7,14H2,1H3,(H,15,16). The summed E-state index contributed by atoms with van der Waals surface area (Å²) in [7, 11) is 1.63. The molecular weight excluding hydrogens is 234 g/mol. The smallest absolute Gasteiger partial charge is 0.306 e. The minimum Gasteiger partial charge on any atom is -0.496 e. The first kappa shape index (κ1) is 12.7. The first-order chi connectivity index (χ1) is 8.61. The Balaban J connectivity index is 2.17. The van der Waals surface area contributed by atoms with Gasteiger partial charge in [-0.15, -0.1) is 0 Å². The molecule has 18 heavy (non-hydrogen) atoms. The number of fused-ring (bicyclic) bond motifs is 1. The molecule has 1 aliphatic rings. The van der Waals surface area contributed by atoms with Crippen LogP contribution in [0.15, 0.2) is 12.1 Å². The number of benzene rings is 1. The molecule has 0 saturated carbocycles. The van der Waals surface area contributed by atoms with Crippen molar-refractivity contribution >= 4 is 5.97 Å². The molecule has 0 bridgehead atoms. The largest absolute Gasteiger partial charge is 0.496 e. The number of rotatable bonds is 5. The van der Waals surface area contributed by atoms with E-state index in [1.54, 1.807) is 7.11 Å².